The molecule has 0 heterocycles. The fourth-order valence-electron chi connectivity index (χ4n) is 1.27. The summed E-state index contributed by atoms with van der Waals surface area (Å²) in [7, 11) is 0. The molecule has 3 N–H and O–H groups in total. The first kappa shape index (κ1) is 12.4. The lowest BCUT2D eigenvalue weighted by molar-refractivity contribution is -0.138. The summed E-state index contributed by atoms with van der Waals surface area (Å²) in [5.41, 5.74) is 5.59. The van der Waals surface area contributed by atoms with Crippen LogP contribution in [-0.4, -0.2) is 23.7 Å². The zero-order valence-corrected chi connectivity index (χ0v) is 8.94. The fourth-order valence-corrected chi connectivity index (χ4v) is 1.27. The molecule has 0 bridgehead atoms. The van der Waals surface area contributed by atoms with Crippen molar-refractivity contribution in [2.75, 3.05) is 6.61 Å². The van der Waals surface area contributed by atoms with E-state index in [-0.39, 0.29) is 12.0 Å². The third-order valence-corrected chi connectivity index (χ3v) is 2.09. The van der Waals surface area contributed by atoms with Crippen LogP contribution in [0.15, 0.2) is 18.2 Å². The molecule has 0 spiro atoms. The van der Waals surface area contributed by atoms with Crippen LogP contribution < -0.4 is 10.5 Å². The van der Waals surface area contributed by atoms with Crippen LogP contribution in [0.25, 0.3) is 0 Å². The molecule has 16 heavy (non-hydrogen) atoms. The van der Waals surface area contributed by atoms with Crippen molar-refractivity contribution in [2.24, 2.45) is 5.73 Å². The standard InChI is InChI=1S/C11H14FNO3/c1-2-16-8-4-3-7(9(12)6-8)5-10(13)11(14)15/h3-4,6,10H,2,5,13H2,1H3,(H,14,15). The molecule has 5 heteroatoms. The van der Waals surface area contributed by atoms with Crippen molar-refractivity contribution < 1.29 is 19.0 Å². The monoisotopic (exact) mass is 227 g/mol. The summed E-state index contributed by atoms with van der Waals surface area (Å²) in [6.07, 6.45) is -0.0342. The number of benzene rings is 1. The summed E-state index contributed by atoms with van der Waals surface area (Å²) in [4.78, 5) is 10.5. The van der Waals surface area contributed by atoms with Gasteiger partial charge in [0.2, 0.25) is 0 Å². The van der Waals surface area contributed by atoms with Crippen LogP contribution >= 0.6 is 0 Å². The molecule has 1 atom stereocenters. The number of nitrogens with two attached hydrogens (primary N) is 1. The van der Waals surface area contributed by atoms with Crippen molar-refractivity contribution in [3.8, 4) is 5.75 Å². The molecule has 88 valence electrons. The second kappa shape index (κ2) is 5.46. The number of hydrogen-bond donors (Lipinski definition) is 2. The van der Waals surface area contributed by atoms with Gasteiger partial charge in [-0.25, -0.2) is 4.39 Å². The van der Waals surface area contributed by atoms with E-state index in [9.17, 15) is 9.18 Å². The Hall–Kier alpha value is -1.62. The highest BCUT2D eigenvalue weighted by Crippen LogP contribution is 2.17. The molecule has 0 fully saturated rings. The Morgan fingerprint density at radius 3 is 2.81 bits per heavy atom. The Morgan fingerprint density at radius 2 is 2.31 bits per heavy atom. The molecule has 0 aliphatic rings. The van der Waals surface area contributed by atoms with Crippen molar-refractivity contribution in [1.82, 2.24) is 0 Å². The Kier molecular flexibility index (Phi) is 4.25. The van der Waals surface area contributed by atoms with E-state index in [1.54, 1.807) is 13.0 Å². The molecule has 0 amide bonds. The van der Waals surface area contributed by atoms with Crippen LogP contribution in [-0.2, 0) is 11.2 Å². The molecule has 0 aliphatic carbocycles. The predicted octanol–water partition coefficient (Wildman–Crippen LogP) is 1.18. The number of halogens is 1. The van der Waals surface area contributed by atoms with E-state index >= 15 is 0 Å². The Labute approximate surface area is 92.8 Å². The number of ether oxygens (including phenoxy) is 1. The van der Waals surface area contributed by atoms with Crippen LogP contribution in [0.5, 0.6) is 5.75 Å². The number of hydrogen-bond acceptors (Lipinski definition) is 3. The minimum Gasteiger partial charge on any atom is -0.494 e. The number of carbonyl (C=O) groups is 1. The zero-order valence-electron chi connectivity index (χ0n) is 8.94. The van der Waals surface area contributed by atoms with Gasteiger partial charge in [0.05, 0.1) is 6.61 Å². The molecule has 1 aromatic rings. The van der Waals surface area contributed by atoms with E-state index in [1.807, 2.05) is 0 Å². The van der Waals surface area contributed by atoms with Crippen molar-refractivity contribution >= 4 is 5.97 Å². The van der Waals surface area contributed by atoms with Crippen LogP contribution in [0, 0.1) is 5.82 Å². The maximum Gasteiger partial charge on any atom is 0.320 e. The molecule has 1 rings (SSSR count). The molecule has 0 radical (unpaired) electrons. The third-order valence-electron chi connectivity index (χ3n) is 2.09. The maximum absolute atomic E-state index is 13.5. The highest BCUT2D eigenvalue weighted by atomic mass is 19.1. The van der Waals surface area contributed by atoms with Gasteiger partial charge in [-0.1, -0.05) is 6.07 Å². The first-order valence-corrected chi connectivity index (χ1v) is 4.94. The second-order valence-corrected chi connectivity index (χ2v) is 3.34. The van der Waals surface area contributed by atoms with Crippen molar-refractivity contribution in [1.29, 1.82) is 0 Å². The average molecular weight is 227 g/mol. The number of aliphatic carboxylic acids is 1. The van der Waals surface area contributed by atoms with Crippen molar-refractivity contribution in [3.05, 3.63) is 29.6 Å². The molecule has 0 saturated heterocycles. The molecule has 1 aromatic carbocycles. The zero-order chi connectivity index (χ0) is 12.1. The van der Waals surface area contributed by atoms with Gasteiger partial charge in [0.25, 0.3) is 0 Å². The predicted molar refractivity (Wildman–Crippen MR) is 56.9 cm³/mol. The van der Waals surface area contributed by atoms with E-state index in [4.69, 9.17) is 15.6 Å². The quantitative estimate of drug-likeness (QED) is 0.792. The van der Waals surface area contributed by atoms with Gasteiger partial charge in [-0.3, -0.25) is 4.79 Å². The highest BCUT2D eigenvalue weighted by molar-refractivity contribution is 5.73. The summed E-state index contributed by atoms with van der Waals surface area (Å²) in [6, 6.07) is 3.22. The van der Waals surface area contributed by atoms with E-state index in [1.165, 1.54) is 12.1 Å². The van der Waals surface area contributed by atoms with E-state index in [2.05, 4.69) is 0 Å². The van der Waals surface area contributed by atoms with Crippen LogP contribution in [0.4, 0.5) is 4.39 Å². The molecule has 0 saturated carbocycles. The highest BCUT2D eigenvalue weighted by Gasteiger charge is 2.15. The van der Waals surface area contributed by atoms with Crippen molar-refractivity contribution in [2.45, 2.75) is 19.4 Å². The van der Waals surface area contributed by atoms with Gasteiger partial charge in [-0.2, -0.15) is 0 Å². The van der Waals surface area contributed by atoms with Crippen LogP contribution in [0.2, 0.25) is 0 Å². The first-order valence-electron chi connectivity index (χ1n) is 4.94. The van der Waals surface area contributed by atoms with Gasteiger partial charge in [0.15, 0.2) is 0 Å². The Balaban J connectivity index is 2.78. The lowest BCUT2D eigenvalue weighted by Gasteiger charge is -2.09. The van der Waals surface area contributed by atoms with Gasteiger partial charge in [0.1, 0.15) is 17.6 Å². The van der Waals surface area contributed by atoms with Crippen LogP contribution in [0.3, 0.4) is 0 Å². The van der Waals surface area contributed by atoms with Gasteiger partial charge in [-0.15, -0.1) is 0 Å². The maximum atomic E-state index is 13.5. The largest absolute Gasteiger partial charge is 0.494 e. The van der Waals surface area contributed by atoms with E-state index < -0.39 is 17.8 Å². The molecule has 1 unspecified atom stereocenters. The Bertz CT molecular complexity index is 381. The third kappa shape index (κ3) is 3.20. The number of carboxylic acids is 1. The lowest BCUT2D eigenvalue weighted by Crippen LogP contribution is -2.32. The molecular formula is C11H14FNO3. The molecule has 0 aromatic heterocycles. The van der Waals surface area contributed by atoms with Gasteiger partial charge < -0.3 is 15.6 Å². The Morgan fingerprint density at radius 1 is 1.62 bits per heavy atom. The summed E-state index contributed by atoms with van der Waals surface area (Å²) in [5, 5.41) is 8.60. The van der Waals surface area contributed by atoms with E-state index in [0.717, 1.165) is 0 Å². The molecular weight excluding hydrogens is 213 g/mol. The first-order chi connectivity index (χ1) is 7.54. The van der Waals surface area contributed by atoms with Gasteiger partial charge >= 0.3 is 5.97 Å². The van der Waals surface area contributed by atoms with E-state index in [0.29, 0.717) is 12.4 Å². The number of carboxylic acid groups (broad SMARTS) is 1. The lowest BCUT2D eigenvalue weighted by atomic mass is 10.1. The summed E-state index contributed by atoms with van der Waals surface area (Å²) >= 11 is 0. The number of rotatable bonds is 5. The van der Waals surface area contributed by atoms with Crippen LogP contribution in [0.1, 0.15) is 12.5 Å². The van der Waals surface area contributed by atoms with Gasteiger partial charge in [0, 0.05) is 12.5 Å². The topological polar surface area (TPSA) is 72.5 Å². The molecule has 4 nitrogen and oxygen atoms in total. The van der Waals surface area contributed by atoms with Gasteiger partial charge in [-0.05, 0) is 18.6 Å². The average Bonchev–Trinajstić information content (AvgIpc) is 2.22. The summed E-state index contributed by atoms with van der Waals surface area (Å²) < 4.78 is 18.6. The fraction of sp³-hybridized carbons (Fsp3) is 0.364. The normalized spacial score (nSPS) is 12.2. The minimum atomic E-state index is -1.15. The molecule has 0 aliphatic heterocycles. The summed E-state index contributed by atoms with van der Waals surface area (Å²) in [5.74, 6) is -1.22. The summed E-state index contributed by atoms with van der Waals surface area (Å²) in [6.45, 7) is 2.25. The van der Waals surface area contributed by atoms with Crippen molar-refractivity contribution in [3.63, 3.8) is 0 Å². The minimum absolute atomic E-state index is 0.0342. The smallest absolute Gasteiger partial charge is 0.320 e. The SMILES string of the molecule is CCOc1ccc(CC(N)C(=O)O)c(F)c1. The second-order valence-electron chi connectivity index (χ2n) is 3.34.